The number of nitrogens with one attached hydrogen (secondary N) is 1. The molecule has 0 atom stereocenters. The fourth-order valence-corrected chi connectivity index (χ4v) is 1.54. The highest BCUT2D eigenvalue weighted by Crippen LogP contribution is 2.19. The van der Waals surface area contributed by atoms with Crippen LogP contribution in [-0.4, -0.2) is 17.6 Å². The van der Waals surface area contributed by atoms with Gasteiger partial charge in [-0.3, -0.25) is 4.79 Å². The Balaban J connectivity index is 2.58. The fraction of sp³-hybridized carbons (Fsp3) is 0.438. The molecule has 3 nitrogen and oxygen atoms in total. The van der Waals surface area contributed by atoms with Crippen LogP contribution in [0, 0.1) is 17.3 Å². The van der Waals surface area contributed by atoms with Gasteiger partial charge in [-0.25, -0.2) is 0 Å². The predicted octanol–water partition coefficient (Wildman–Crippen LogP) is 2.80. The molecule has 0 unspecified atom stereocenters. The van der Waals surface area contributed by atoms with Crippen LogP contribution in [0.1, 0.15) is 39.2 Å². The van der Waals surface area contributed by atoms with Crippen molar-refractivity contribution in [2.45, 2.75) is 33.6 Å². The van der Waals surface area contributed by atoms with E-state index >= 15 is 0 Å². The molecule has 0 aliphatic heterocycles. The number of anilines is 1. The third-order valence-corrected chi connectivity index (χ3v) is 2.33. The maximum atomic E-state index is 11.8. The molecule has 1 amide bonds. The van der Waals surface area contributed by atoms with Gasteiger partial charge in [-0.2, -0.15) is 0 Å². The van der Waals surface area contributed by atoms with E-state index in [-0.39, 0.29) is 17.9 Å². The van der Waals surface area contributed by atoms with Crippen molar-refractivity contribution in [3.05, 3.63) is 29.8 Å². The normalized spacial score (nSPS) is 10.5. The second kappa shape index (κ2) is 6.96. The van der Waals surface area contributed by atoms with Crippen LogP contribution in [0.4, 0.5) is 5.69 Å². The standard InChI is InChI=1S/C16H21NO2/c1-16(2,3)12-15(19)17-14-9-7-13(8-10-14)6-4-5-11-18/h7-10,18H,5,11-12H2,1-3H3,(H,17,19). The van der Waals surface area contributed by atoms with E-state index in [9.17, 15) is 4.79 Å². The SMILES string of the molecule is CC(C)(C)CC(=O)Nc1ccc(C#CCCO)cc1. The molecular weight excluding hydrogens is 238 g/mol. The number of benzene rings is 1. The summed E-state index contributed by atoms with van der Waals surface area (Å²) in [5.41, 5.74) is 1.64. The first-order chi connectivity index (χ1) is 8.90. The van der Waals surface area contributed by atoms with Crippen LogP contribution in [0.5, 0.6) is 0 Å². The van der Waals surface area contributed by atoms with Gasteiger partial charge in [-0.1, -0.05) is 32.6 Å². The minimum absolute atomic E-state index is 0.0141. The van der Waals surface area contributed by atoms with E-state index in [1.54, 1.807) is 0 Å². The quantitative estimate of drug-likeness (QED) is 0.820. The van der Waals surface area contributed by atoms with Crippen molar-refractivity contribution in [3.8, 4) is 11.8 Å². The Kier molecular flexibility index (Phi) is 5.59. The number of hydrogen-bond acceptors (Lipinski definition) is 2. The highest BCUT2D eigenvalue weighted by Gasteiger charge is 2.15. The molecule has 3 heteroatoms. The minimum atomic E-state index is -0.0141. The summed E-state index contributed by atoms with van der Waals surface area (Å²) < 4.78 is 0. The molecule has 0 fully saturated rings. The number of aliphatic hydroxyl groups excluding tert-OH is 1. The molecule has 0 radical (unpaired) electrons. The van der Waals surface area contributed by atoms with Crippen molar-refractivity contribution in [3.63, 3.8) is 0 Å². The third kappa shape index (κ3) is 6.64. The van der Waals surface area contributed by atoms with Crippen molar-refractivity contribution in [2.75, 3.05) is 11.9 Å². The lowest BCUT2D eigenvalue weighted by Crippen LogP contribution is -2.19. The lowest BCUT2D eigenvalue weighted by atomic mass is 9.92. The average molecular weight is 259 g/mol. The molecule has 2 N–H and O–H groups in total. The topological polar surface area (TPSA) is 49.3 Å². The van der Waals surface area contributed by atoms with Gasteiger partial charge in [0, 0.05) is 24.1 Å². The number of rotatable bonds is 3. The molecule has 19 heavy (non-hydrogen) atoms. The van der Waals surface area contributed by atoms with Crippen LogP contribution >= 0.6 is 0 Å². The van der Waals surface area contributed by atoms with Gasteiger partial charge < -0.3 is 10.4 Å². The molecule has 0 bridgehead atoms. The zero-order valence-electron chi connectivity index (χ0n) is 11.8. The van der Waals surface area contributed by atoms with E-state index in [1.165, 1.54) is 0 Å². The van der Waals surface area contributed by atoms with Crippen LogP contribution in [0.25, 0.3) is 0 Å². The van der Waals surface area contributed by atoms with Gasteiger partial charge in [0.05, 0.1) is 6.61 Å². The maximum absolute atomic E-state index is 11.8. The summed E-state index contributed by atoms with van der Waals surface area (Å²) in [5, 5.41) is 11.5. The van der Waals surface area contributed by atoms with Crippen LogP contribution in [0.15, 0.2) is 24.3 Å². The summed E-state index contributed by atoms with van der Waals surface area (Å²) in [6.45, 7) is 6.18. The zero-order valence-corrected chi connectivity index (χ0v) is 11.8. The predicted molar refractivity (Wildman–Crippen MR) is 77.7 cm³/mol. The summed E-state index contributed by atoms with van der Waals surface area (Å²) in [7, 11) is 0. The van der Waals surface area contributed by atoms with Crippen molar-refractivity contribution >= 4 is 11.6 Å². The summed E-state index contributed by atoms with van der Waals surface area (Å²) in [6, 6.07) is 7.39. The first-order valence-electron chi connectivity index (χ1n) is 6.40. The number of carbonyl (C=O) groups excluding carboxylic acids is 1. The minimum Gasteiger partial charge on any atom is -0.395 e. The molecule has 0 saturated carbocycles. The maximum Gasteiger partial charge on any atom is 0.224 e. The second-order valence-electron chi connectivity index (χ2n) is 5.64. The summed E-state index contributed by atoms with van der Waals surface area (Å²) in [6.07, 6.45) is 0.967. The number of aliphatic hydroxyl groups is 1. The largest absolute Gasteiger partial charge is 0.395 e. The Morgan fingerprint density at radius 3 is 2.42 bits per heavy atom. The molecule has 0 saturated heterocycles. The van der Waals surface area contributed by atoms with Crippen molar-refractivity contribution < 1.29 is 9.90 Å². The van der Waals surface area contributed by atoms with Gasteiger partial charge in [0.1, 0.15) is 0 Å². The van der Waals surface area contributed by atoms with Crippen molar-refractivity contribution in [1.29, 1.82) is 0 Å². The summed E-state index contributed by atoms with van der Waals surface area (Å²) in [5.74, 6) is 5.82. The lowest BCUT2D eigenvalue weighted by molar-refractivity contribution is -0.117. The Bertz CT molecular complexity index is 472. The summed E-state index contributed by atoms with van der Waals surface area (Å²) >= 11 is 0. The second-order valence-corrected chi connectivity index (χ2v) is 5.64. The van der Waals surface area contributed by atoms with E-state index in [0.717, 1.165) is 11.3 Å². The van der Waals surface area contributed by atoms with E-state index in [4.69, 9.17) is 5.11 Å². The van der Waals surface area contributed by atoms with E-state index in [0.29, 0.717) is 12.8 Å². The highest BCUT2D eigenvalue weighted by molar-refractivity contribution is 5.91. The van der Waals surface area contributed by atoms with Gasteiger partial charge in [0.15, 0.2) is 0 Å². The first-order valence-corrected chi connectivity index (χ1v) is 6.40. The number of carbonyl (C=O) groups is 1. The molecule has 0 spiro atoms. The van der Waals surface area contributed by atoms with Crippen LogP contribution in [0.3, 0.4) is 0 Å². The monoisotopic (exact) mass is 259 g/mol. The Morgan fingerprint density at radius 1 is 1.26 bits per heavy atom. The van der Waals surface area contributed by atoms with E-state index in [1.807, 2.05) is 45.0 Å². The molecule has 0 aliphatic rings. The zero-order chi connectivity index (χ0) is 14.3. The number of hydrogen-bond donors (Lipinski definition) is 2. The average Bonchev–Trinajstić information content (AvgIpc) is 2.29. The Hall–Kier alpha value is -1.79. The van der Waals surface area contributed by atoms with Crippen molar-refractivity contribution in [1.82, 2.24) is 0 Å². The van der Waals surface area contributed by atoms with Crippen LogP contribution in [-0.2, 0) is 4.79 Å². The van der Waals surface area contributed by atoms with Crippen LogP contribution < -0.4 is 5.32 Å². The molecule has 0 aromatic heterocycles. The fourth-order valence-electron chi connectivity index (χ4n) is 1.54. The Morgan fingerprint density at radius 2 is 1.89 bits per heavy atom. The third-order valence-electron chi connectivity index (χ3n) is 2.33. The molecule has 1 rings (SSSR count). The molecule has 1 aromatic carbocycles. The molecule has 1 aromatic rings. The molecular formula is C16H21NO2. The van der Waals surface area contributed by atoms with E-state index < -0.39 is 0 Å². The molecule has 0 heterocycles. The molecule has 0 aliphatic carbocycles. The van der Waals surface area contributed by atoms with Gasteiger partial charge in [-0.15, -0.1) is 0 Å². The lowest BCUT2D eigenvalue weighted by Gasteiger charge is -2.17. The van der Waals surface area contributed by atoms with Gasteiger partial charge >= 0.3 is 0 Å². The highest BCUT2D eigenvalue weighted by atomic mass is 16.2. The van der Waals surface area contributed by atoms with Gasteiger partial charge in [0.25, 0.3) is 0 Å². The smallest absolute Gasteiger partial charge is 0.224 e. The molecule has 102 valence electrons. The van der Waals surface area contributed by atoms with Crippen molar-refractivity contribution in [2.24, 2.45) is 5.41 Å². The van der Waals surface area contributed by atoms with Gasteiger partial charge in [0.2, 0.25) is 5.91 Å². The summed E-state index contributed by atoms with van der Waals surface area (Å²) in [4.78, 5) is 11.8. The van der Waals surface area contributed by atoms with Gasteiger partial charge in [-0.05, 0) is 29.7 Å². The Labute approximate surface area is 115 Å². The number of amides is 1. The van der Waals surface area contributed by atoms with E-state index in [2.05, 4.69) is 17.2 Å². The van der Waals surface area contributed by atoms with Crippen LogP contribution in [0.2, 0.25) is 0 Å². The first kappa shape index (κ1) is 15.3.